The molecule has 16 heavy (non-hydrogen) atoms. The summed E-state index contributed by atoms with van der Waals surface area (Å²) in [6, 6.07) is 0. The fraction of sp³-hybridized carbons (Fsp3) is 0.333. The molecule has 1 aromatic heterocycles. The van der Waals surface area contributed by atoms with Crippen LogP contribution in [-0.4, -0.2) is 34.0 Å². The zero-order chi connectivity index (χ0) is 12.0. The quantitative estimate of drug-likeness (QED) is 0.609. The number of nitrogens with one attached hydrogen (secondary N) is 2. The van der Waals surface area contributed by atoms with Gasteiger partial charge in [-0.3, -0.25) is 4.79 Å². The number of amides is 1. The van der Waals surface area contributed by atoms with Crippen molar-refractivity contribution >= 4 is 28.9 Å². The van der Waals surface area contributed by atoms with Crippen LogP contribution < -0.4 is 16.4 Å². The Balaban J connectivity index is 2.49. The number of likely N-dealkylation sites (N-methyl/N-ethyl adjacent to an activating group) is 1. The van der Waals surface area contributed by atoms with E-state index in [1.54, 1.807) is 0 Å². The molecule has 0 unspecified atom stereocenters. The molecular formula is C9H13N5OS. The lowest BCUT2D eigenvalue weighted by Crippen LogP contribution is -2.29. The van der Waals surface area contributed by atoms with Crippen molar-refractivity contribution in [3.8, 4) is 0 Å². The van der Waals surface area contributed by atoms with E-state index in [-0.39, 0.29) is 17.4 Å². The van der Waals surface area contributed by atoms with Gasteiger partial charge in [0.25, 0.3) is 0 Å². The predicted octanol–water partition coefficient (Wildman–Crippen LogP) is -0.341. The maximum atomic E-state index is 11.1. The minimum Gasteiger partial charge on any atom is -0.388 e. The number of aromatic nitrogens is 2. The average Bonchev–Trinajstić information content (AvgIpc) is 2.27. The molecule has 1 amide bonds. The van der Waals surface area contributed by atoms with Crippen LogP contribution in [0.15, 0.2) is 12.4 Å². The molecule has 0 bridgehead atoms. The molecule has 0 aliphatic carbocycles. The molecule has 0 radical (unpaired) electrons. The maximum Gasteiger partial charge on any atom is 0.239 e. The maximum absolute atomic E-state index is 11.1. The molecule has 7 heteroatoms. The van der Waals surface area contributed by atoms with E-state index in [0.29, 0.717) is 18.1 Å². The first-order chi connectivity index (χ1) is 7.63. The fourth-order valence-electron chi connectivity index (χ4n) is 0.977. The van der Waals surface area contributed by atoms with Gasteiger partial charge in [0, 0.05) is 6.54 Å². The molecule has 0 aliphatic heterocycles. The lowest BCUT2D eigenvalue weighted by molar-refractivity contribution is -0.119. The summed E-state index contributed by atoms with van der Waals surface area (Å²) in [7, 11) is 0. The second-order valence-corrected chi connectivity index (χ2v) is 3.40. The number of thiocarbonyl (C=S) groups is 1. The van der Waals surface area contributed by atoms with Crippen LogP contribution in [0, 0.1) is 0 Å². The van der Waals surface area contributed by atoms with Crippen LogP contribution in [0.2, 0.25) is 0 Å². The highest BCUT2D eigenvalue weighted by atomic mass is 32.1. The standard InChI is InChI=1S/C9H13N5OS/c1-2-11-8(15)5-14-7-4-12-6(3-13-7)9(10)16/h3-4H,2,5H2,1H3,(H2,10,16)(H,11,15)(H,13,14). The van der Waals surface area contributed by atoms with Crippen LogP contribution in [0.4, 0.5) is 5.82 Å². The van der Waals surface area contributed by atoms with Crippen LogP contribution in [-0.2, 0) is 4.79 Å². The van der Waals surface area contributed by atoms with Gasteiger partial charge in [0.2, 0.25) is 5.91 Å². The largest absolute Gasteiger partial charge is 0.388 e. The van der Waals surface area contributed by atoms with Gasteiger partial charge in [-0.15, -0.1) is 0 Å². The van der Waals surface area contributed by atoms with Crippen LogP contribution in [0.1, 0.15) is 12.6 Å². The number of rotatable bonds is 5. The van der Waals surface area contributed by atoms with Crippen LogP contribution in [0.5, 0.6) is 0 Å². The number of carbonyl (C=O) groups is 1. The highest BCUT2D eigenvalue weighted by Crippen LogP contribution is 2.00. The third-order valence-corrected chi connectivity index (χ3v) is 1.92. The molecule has 0 aliphatic rings. The molecule has 0 fully saturated rings. The number of carbonyl (C=O) groups excluding carboxylic acids is 1. The lowest BCUT2D eigenvalue weighted by atomic mass is 10.4. The Bertz CT molecular complexity index is 378. The van der Waals surface area contributed by atoms with Gasteiger partial charge in [-0.2, -0.15) is 0 Å². The molecule has 0 spiro atoms. The minimum atomic E-state index is -0.0947. The summed E-state index contributed by atoms with van der Waals surface area (Å²) in [6.07, 6.45) is 2.94. The molecule has 0 saturated carbocycles. The molecule has 86 valence electrons. The first-order valence-corrected chi connectivity index (χ1v) is 5.16. The number of hydrogen-bond donors (Lipinski definition) is 3. The molecule has 1 heterocycles. The Labute approximate surface area is 98.7 Å². The molecule has 6 nitrogen and oxygen atoms in total. The summed E-state index contributed by atoms with van der Waals surface area (Å²) >= 11 is 4.74. The first-order valence-electron chi connectivity index (χ1n) is 4.76. The van der Waals surface area contributed by atoms with E-state index in [4.69, 9.17) is 18.0 Å². The molecule has 0 saturated heterocycles. The van der Waals surface area contributed by atoms with Crippen molar-refractivity contribution in [3.05, 3.63) is 18.1 Å². The number of nitrogens with zero attached hydrogens (tertiary/aromatic N) is 2. The van der Waals surface area contributed by atoms with E-state index in [9.17, 15) is 4.79 Å². The first kappa shape index (κ1) is 12.3. The number of hydrogen-bond acceptors (Lipinski definition) is 5. The van der Waals surface area contributed by atoms with Gasteiger partial charge in [0.15, 0.2) is 0 Å². The Morgan fingerprint density at radius 1 is 1.50 bits per heavy atom. The predicted molar refractivity (Wildman–Crippen MR) is 65.1 cm³/mol. The highest BCUT2D eigenvalue weighted by molar-refractivity contribution is 7.80. The average molecular weight is 239 g/mol. The summed E-state index contributed by atoms with van der Waals surface area (Å²) in [5.41, 5.74) is 5.83. The molecule has 0 aromatic carbocycles. The van der Waals surface area contributed by atoms with Crippen molar-refractivity contribution < 1.29 is 4.79 Å². The Morgan fingerprint density at radius 2 is 2.25 bits per heavy atom. The van der Waals surface area contributed by atoms with Crippen molar-refractivity contribution in [2.75, 3.05) is 18.4 Å². The summed E-state index contributed by atoms with van der Waals surface area (Å²) in [5, 5.41) is 5.48. The van der Waals surface area contributed by atoms with Crippen molar-refractivity contribution in [2.45, 2.75) is 6.92 Å². The Morgan fingerprint density at radius 3 is 2.75 bits per heavy atom. The molecular weight excluding hydrogens is 226 g/mol. The third-order valence-electron chi connectivity index (χ3n) is 1.71. The van der Waals surface area contributed by atoms with E-state index in [2.05, 4.69) is 20.6 Å². The van der Waals surface area contributed by atoms with Gasteiger partial charge < -0.3 is 16.4 Å². The lowest BCUT2D eigenvalue weighted by Gasteiger charge is -2.05. The van der Waals surface area contributed by atoms with E-state index < -0.39 is 0 Å². The topological polar surface area (TPSA) is 92.9 Å². The third kappa shape index (κ3) is 3.77. The highest BCUT2D eigenvalue weighted by Gasteiger charge is 2.02. The normalized spacial score (nSPS) is 9.56. The fourth-order valence-corrected chi connectivity index (χ4v) is 1.08. The SMILES string of the molecule is CCNC(=O)CNc1cnc(C(N)=S)cn1. The van der Waals surface area contributed by atoms with Gasteiger partial charge in [0.05, 0.1) is 18.9 Å². The molecule has 4 N–H and O–H groups in total. The summed E-state index contributed by atoms with van der Waals surface area (Å²) in [5.74, 6) is 0.411. The summed E-state index contributed by atoms with van der Waals surface area (Å²) in [6.45, 7) is 2.62. The number of nitrogens with two attached hydrogens (primary N) is 1. The zero-order valence-corrected chi connectivity index (χ0v) is 9.67. The second-order valence-electron chi connectivity index (χ2n) is 2.96. The minimum absolute atomic E-state index is 0.0947. The van der Waals surface area contributed by atoms with E-state index >= 15 is 0 Å². The summed E-state index contributed by atoms with van der Waals surface area (Å²) < 4.78 is 0. The van der Waals surface area contributed by atoms with Gasteiger partial charge in [-0.1, -0.05) is 12.2 Å². The summed E-state index contributed by atoms with van der Waals surface area (Å²) in [4.78, 5) is 19.3. The molecule has 0 atom stereocenters. The monoisotopic (exact) mass is 239 g/mol. The van der Waals surface area contributed by atoms with E-state index in [0.717, 1.165) is 0 Å². The van der Waals surface area contributed by atoms with Crippen molar-refractivity contribution in [2.24, 2.45) is 5.73 Å². The van der Waals surface area contributed by atoms with E-state index in [1.807, 2.05) is 6.92 Å². The van der Waals surface area contributed by atoms with Crippen molar-refractivity contribution in [1.82, 2.24) is 15.3 Å². The van der Waals surface area contributed by atoms with Gasteiger partial charge in [0.1, 0.15) is 16.5 Å². The molecule has 1 rings (SSSR count). The van der Waals surface area contributed by atoms with Crippen LogP contribution >= 0.6 is 12.2 Å². The van der Waals surface area contributed by atoms with Crippen LogP contribution in [0.3, 0.4) is 0 Å². The number of anilines is 1. The van der Waals surface area contributed by atoms with E-state index in [1.165, 1.54) is 12.4 Å². The molecule has 1 aromatic rings. The Kier molecular flexibility index (Phi) is 4.59. The van der Waals surface area contributed by atoms with Gasteiger partial charge in [-0.05, 0) is 6.92 Å². The van der Waals surface area contributed by atoms with Gasteiger partial charge in [-0.25, -0.2) is 9.97 Å². The van der Waals surface area contributed by atoms with Crippen molar-refractivity contribution in [3.63, 3.8) is 0 Å². The van der Waals surface area contributed by atoms with Crippen LogP contribution in [0.25, 0.3) is 0 Å². The van der Waals surface area contributed by atoms with Crippen molar-refractivity contribution in [1.29, 1.82) is 0 Å². The Hall–Kier alpha value is -1.76. The second kappa shape index (κ2) is 5.96. The zero-order valence-electron chi connectivity index (χ0n) is 8.86. The smallest absolute Gasteiger partial charge is 0.239 e. The van der Waals surface area contributed by atoms with Gasteiger partial charge >= 0.3 is 0 Å².